The highest BCUT2D eigenvalue weighted by Gasteiger charge is 2.01. The van der Waals surface area contributed by atoms with Gasteiger partial charge in [-0.15, -0.1) is 0 Å². The normalized spacial score (nSPS) is 10.1. The van der Waals surface area contributed by atoms with Gasteiger partial charge >= 0.3 is 5.97 Å². The Morgan fingerprint density at radius 2 is 2.42 bits per heavy atom. The SMILES string of the molecule is Cc1cc(=O)n(CCC(=O)O)[nH]1. The molecule has 1 aromatic heterocycles. The molecule has 1 rings (SSSR count). The first-order valence-electron chi connectivity index (χ1n) is 3.58. The molecule has 12 heavy (non-hydrogen) atoms. The third-order valence-corrected chi connectivity index (χ3v) is 1.47. The minimum atomic E-state index is -0.908. The van der Waals surface area contributed by atoms with Gasteiger partial charge in [-0.2, -0.15) is 0 Å². The first kappa shape index (κ1) is 8.58. The van der Waals surface area contributed by atoms with Crippen molar-refractivity contribution in [3.63, 3.8) is 0 Å². The van der Waals surface area contributed by atoms with E-state index in [0.29, 0.717) is 0 Å². The first-order valence-corrected chi connectivity index (χ1v) is 3.58. The molecular formula is C7H10N2O3. The van der Waals surface area contributed by atoms with Crippen molar-refractivity contribution in [1.82, 2.24) is 9.78 Å². The minimum absolute atomic E-state index is 0.0418. The molecule has 0 unspecified atom stereocenters. The van der Waals surface area contributed by atoms with Gasteiger partial charge in [0.15, 0.2) is 0 Å². The zero-order valence-corrected chi connectivity index (χ0v) is 6.70. The number of nitrogens with one attached hydrogen (secondary N) is 1. The molecule has 5 heteroatoms. The predicted molar refractivity (Wildman–Crippen MR) is 42.0 cm³/mol. The highest BCUT2D eigenvalue weighted by Crippen LogP contribution is 1.88. The van der Waals surface area contributed by atoms with Crippen LogP contribution >= 0.6 is 0 Å². The van der Waals surface area contributed by atoms with Gasteiger partial charge in [-0.1, -0.05) is 0 Å². The van der Waals surface area contributed by atoms with Gasteiger partial charge in [0, 0.05) is 11.8 Å². The molecule has 0 radical (unpaired) electrons. The van der Waals surface area contributed by atoms with Crippen molar-refractivity contribution in [3.8, 4) is 0 Å². The molecule has 0 aliphatic rings. The van der Waals surface area contributed by atoms with Crippen molar-refractivity contribution in [2.75, 3.05) is 0 Å². The molecule has 0 spiro atoms. The van der Waals surface area contributed by atoms with Gasteiger partial charge in [0.1, 0.15) is 0 Å². The summed E-state index contributed by atoms with van der Waals surface area (Å²) in [5.41, 5.74) is 0.555. The van der Waals surface area contributed by atoms with Crippen LogP contribution in [0.2, 0.25) is 0 Å². The van der Waals surface area contributed by atoms with E-state index in [1.165, 1.54) is 10.7 Å². The summed E-state index contributed by atoms with van der Waals surface area (Å²) in [4.78, 5) is 21.2. The summed E-state index contributed by atoms with van der Waals surface area (Å²) in [6.45, 7) is 1.95. The Hall–Kier alpha value is -1.52. The Morgan fingerprint density at radius 1 is 1.75 bits per heavy atom. The Kier molecular flexibility index (Phi) is 2.32. The number of hydrogen-bond acceptors (Lipinski definition) is 2. The number of rotatable bonds is 3. The van der Waals surface area contributed by atoms with Gasteiger partial charge in [0.25, 0.3) is 5.56 Å². The van der Waals surface area contributed by atoms with Crippen molar-refractivity contribution >= 4 is 5.97 Å². The lowest BCUT2D eigenvalue weighted by Crippen LogP contribution is -2.17. The molecule has 0 saturated heterocycles. The number of aliphatic carboxylic acids is 1. The summed E-state index contributed by atoms with van der Waals surface area (Å²) >= 11 is 0. The number of carbonyl (C=O) groups is 1. The van der Waals surface area contributed by atoms with Gasteiger partial charge in [-0.05, 0) is 6.92 Å². The van der Waals surface area contributed by atoms with Crippen LogP contribution in [0.3, 0.4) is 0 Å². The molecule has 0 atom stereocenters. The third kappa shape index (κ3) is 1.98. The van der Waals surface area contributed by atoms with Crippen LogP contribution in [0.15, 0.2) is 10.9 Å². The summed E-state index contributed by atoms with van der Waals surface area (Å²) in [6.07, 6.45) is -0.0418. The Bertz CT molecular complexity index is 337. The fourth-order valence-electron chi connectivity index (χ4n) is 0.937. The molecule has 0 bridgehead atoms. The molecular weight excluding hydrogens is 160 g/mol. The predicted octanol–water partition coefficient (Wildman–Crippen LogP) is -0.0405. The Morgan fingerprint density at radius 3 is 2.83 bits per heavy atom. The fourth-order valence-corrected chi connectivity index (χ4v) is 0.937. The van der Waals surface area contributed by atoms with E-state index in [4.69, 9.17) is 5.11 Å². The lowest BCUT2D eigenvalue weighted by atomic mass is 10.4. The molecule has 66 valence electrons. The van der Waals surface area contributed by atoms with Gasteiger partial charge in [0.05, 0.1) is 13.0 Å². The van der Waals surface area contributed by atoms with E-state index in [0.717, 1.165) is 5.69 Å². The smallest absolute Gasteiger partial charge is 0.305 e. The Labute approximate surface area is 68.6 Å². The van der Waals surface area contributed by atoms with Crippen molar-refractivity contribution < 1.29 is 9.90 Å². The largest absolute Gasteiger partial charge is 0.481 e. The second kappa shape index (κ2) is 3.25. The summed E-state index contributed by atoms with van der Waals surface area (Å²) in [6, 6.07) is 1.43. The number of aryl methyl sites for hydroxylation is 2. The lowest BCUT2D eigenvalue weighted by molar-refractivity contribution is -0.137. The number of nitrogens with zero attached hydrogens (tertiary/aromatic N) is 1. The van der Waals surface area contributed by atoms with Crippen LogP contribution in [0.25, 0.3) is 0 Å². The number of H-pyrrole nitrogens is 1. The van der Waals surface area contributed by atoms with Crippen LogP contribution in [0, 0.1) is 6.92 Å². The zero-order valence-electron chi connectivity index (χ0n) is 6.70. The van der Waals surface area contributed by atoms with Crippen LogP contribution in [-0.4, -0.2) is 20.9 Å². The van der Waals surface area contributed by atoms with E-state index in [1.807, 2.05) is 0 Å². The number of carboxylic acids is 1. The minimum Gasteiger partial charge on any atom is -0.481 e. The van der Waals surface area contributed by atoms with Gasteiger partial charge in [-0.25, -0.2) is 0 Å². The quantitative estimate of drug-likeness (QED) is 0.668. The molecule has 0 saturated carbocycles. The standard InChI is InChI=1S/C7H10N2O3/c1-5-4-6(10)9(8-5)3-2-7(11)12/h4,8H,2-3H2,1H3,(H,11,12). The lowest BCUT2D eigenvalue weighted by Gasteiger charge is -1.96. The number of aromatic nitrogens is 2. The van der Waals surface area contributed by atoms with E-state index in [1.54, 1.807) is 6.92 Å². The van der Waals surface area contributed by atoms with Gasteiger partial charge in [-0.3, -0.25) is 19.4 Å². The maximum Gasteiger partial charge on any atom is 0.305 e. The first-order chi connectivity index (χ1) is 5.59. The van der Waals surface area contributed by atoms with E-state index >= 15 is 0 Å². The summed E-state index contributed by atoms with van der Waals surface area (Å²) < 4.78 is 1.28. The van der Waals surface area contributed by atoms with E-state index in [2.05, 4.69) is 5.10 Å². The van der Waals surface area contributed by atoms with Crippen LogP contribution in [-0.2, 0) is 11.3 Å². The fraction of sp³-hybridized carbons (Fsp3) is 0.429. The van der Waals surface area contributed by atoms with E-state index in [9.17, 15) is 9.59 Å². The monoisotopic (exact) mass is 170 g/mol. The highest BCUT2D eigenvalue weighted by atomic mass is 16.4. The molecule has 0 aliphatic carbocycles. The summed E-state index contributed by atoms with van der Waals surface area (Å²) in [7, 11) is 0. The maximum absolute atomic E-state index is 11.0. The van der Waals surface area contributed by atoms with Crippen molar-refractivity contribution in [3.05, 3.63) is 22.1 Å². The van der Waals surface area contributed by atoms with Gasteiger partial charge in [0.2, 0.25) is 0 Å². The van der Waals surface area contributed by atoms with Crippen LogP contribution in [0.4, 0.5) is 0 Å². The van der Waals surface area contributed by atoms with Crippen LogP contribution < -0.4 is 5.56 Å². The number of carboxylic acid groups (broad SMARTS) is 1. The molecule has 1 heterocycles. The molecule has 1 aromatic rings. The van der Waals surface area contributed by atoms with Crippen molar-refractivity contribution in [1.29, 1.82) is 0 Å². The Balaban J connectivity index is 2.69. The van der Waals surface area contributed by atoms with Crippen LogP contribution in [0.5, 0.6) is 0 Å². The van der Waals surface area contributed by atoms with Crippen LogP contribution in [0.1, 0.15) is 12.1 Å². The average molecular weight is 170 g/mol. The summed E-state index contributed by atoms with van der Waals surface area (Å²) in [5.74, 6) is -0.908. The van der Waals surface area contributed by atoms with Gasteiger partial charge < -0.3 is 5.11 Å². The zero-order chi connectivity index (χ0) is 9.14. The molecule has 0 fully saturated rings. The second-order valence-corrected chi connectivity index (χ2v) is 2.57. The molecule has 0 amide bonds. The second-order valence-electron chi connectivity index (χ2n) is 2.57. The highest BCUT2D eigenvalue weighted by molar-refractivity contribution is 5.66. The number of aromatic amines is 1. The topological polar surface area (TPSA) is 75.1 Å². The third-order valence-electron chi connectivity index (χ3n) is 1.47. The molecule has 2 N–H and O–H groups in total. The molecule has 0 aliphatic heterocycles. The number of hydrogen-bond donors (Lipinski definition) is 2. The van der Waals surface area contributed by atoms with E-state index in [-0.39, 0.29) is 18.5 Å². The van der Waals surface area contributed by atoms with E-state index < -0.39 is 5.97 Å². The molecule has 0 aromatic carbocycles. The summed E-state index contributed by atoms with van der Waals surface area (Å²) in [5, 5.41) is 11.1. The van der Waals surface area contributed by atoms with Crippen molar-refractivity contribution in [2.24, 2.45) is 0 Å². The average Bonchev–Trinajstić information content (AvgIpc) is 2.26. The molecule has 5 nitrogen and oxygen atoms in total. The van der Waals surface area contributed by atoms with Crippen molar-refractivity contribution in [2.45, 2.75) is 19.9 Å². The maximum atomic E-state index is 11.0.